The van der Waals surface area contributed by atoms with Gasteiger partial charge in [0.25, 0.3) is 0 Å². The van der Waals surface area contributed by atoms with E-state index < -0.39 is 0 Å². The largest absolute Gasteiger partial charge is 0.383 e. The highest BCUT2D eigenvalue weighted by Crippen LogP contribution is 1.94. The molecule has 1 aromatic rings. The van der Waals surface area contributed by atoms with Gasteiger partial charge in [-0.25, -0.2) is 10.8 Å². The Morgan fingerprint density at radius 3 is 3.00 bits per heavy atom. The van der Waals surface area contributed by atoms with E-state index in [1.165, 1.54) is 0 Å². The lowest BCUT2D eigenvalue weighted by Crippen LogP contribution is -2.42. The number of rotatable bonds is 6. The van der Waals surface area contributed by atoms with E-state index in [1.54, 1.807) is 14.0 Å². The first-order valence-corrected chi connectivity index (χ1v) is 5.29. The number of nitrogens with one attached hydrogen (secondary N) is 2. The zero-order chi connectivity index (χ0) is 12.5. The summed E-state index contributed by atoms with van der Waals surface area (Å²) in [6, 6.07) is 0. The van der Waals surface area contributed by atoms with Gasteiger partial charge in [-0.05, 0) is 0 Å². The van der Waals surface area contributed by atoms with Gasteiger partial charge < -0.3 is 14.6 Å². The minimum Gasteiger partial charge on any atom is -0.383 e. The van der Waals surface area contributed by atoms with E-state index in [1.807, 2.05) is 0 Å². The van der Waals surface area contributed by atoms with Gasteiger partial charge in [-0.3, -0.25) is 5.43 Å². The van der Waals surface area contributed by atoms with Gasteiger partial charge in [-0.15, -0.1) is 0 Å². The Kier molecular flexibility index (Phi) is 5.97. The Hall–Kier alpha value is -1.67. The summed E-state index contributed by atoms with van der Waals surface area (Å²) in [6.07, 6.45) is 0.641. The van der Waals surface area contributed by atoms with Crippen molar-refractivity contribution in [2.24, 2.45) is 10.8 Å². The summed E-state index contributed by atoms with van der Waals surface area (Å²) in [4.78, 5) is 8.23. The number of aryl methyl sites for hydroxylation is 1. The number of methoxy groups -OCH3 is 1. The lowest BCUT2D eigenvalue weighted by atomic mass is 10.4. The summed E-state index contributed by atoms with van der Waals surface area (Å²) in [5, 5.41) is 6.80. The molecule has 1 heterocycles. The van der Waals surface area contributed by atoms with Crippen molar-refractivity contribution in [3.63, 3.8) is 0 Å². The van der Waals surface area contributed by atoms with Crippen LogP contribution in [-0.4, -0.2) is 42.9 Å². The number of hydrazine groups is 1. The van der Waals surface area contributed by atoms with Crippen molar-refractivity contribution in [2.45, 2.75) is 13.3 Å². The van der Waals surface area contributed by atoms with E-state index in [4.69, 9.17) is 15.1 Å². The summed E-state index contributed by atoms with van der Waals surface area (Å²) >= 11 is 0. The molecule has 0 radical (unpaired) electrons. The smallest absolute Gasteiger partial charge is 0.223 e. The lowest BCUT2D eigenvalue weighted by molar-refractivity contribution is 0.208. The molecule has 1 rings (SSSR count). The summed E-state index contributed by atoms with van der Waals surface area (Å²) in [7, 11) is 1.62. The van der Waals surface area contributed by atoms with Crippen LogP contribution < -0.4 is 16.6 Å². The predicted molar refractivity (Wildman–Crippen MR) is 62.2 cm³/mol. The molecule has 1 aromatic heterocycles. The highest BCUT2D eigenvalue weighted by Gasteiger charge is 2.02. The fraction of sp³-hybridized carbons (Fsp3) is 0.667. The minimum atomic E-state index is 0.516. The van der Waals surface area contributed by atoms with Crippen molar-refractivity contribution in [1.29, 1.82) is 0 Å². The third-order valence-corrected chi connectivity index (χ3v) is 1.91. The van der Waals surface area contributed by atoms with Crippen molar-refractivity contribution in [1.82, 2.24) is 20.9 Å². The standard InChI is InChI=1S/C9H18N6O2/c1-7-13-8(15-17-7)3-4-11-9(14-10)12-5-6-16-2/h3-6,10H2,1-2H3,(H2,11,12,14). The van der Waals surface area contributed by atoms with Crippen molar-refractivity contribution >= 4 is 5.96 Å². The molecule has 17 heavy (non-hydrogen) atoms. The molecular weight excluding hydrogens is 224 g/mol. The van der Waals surface area contributed by atoms with E-state index in [-0.39, 0.29) is 0 Å². The molecule has 0 fully saturated rings. The zero-order valence-electron chi connectivity index (χ0n) is 10.1. The number of hydrogen-bond acceptors (Lipinski definition) is 6. The van der Waals surface area contributed by atoms with Gasteiger partial charge in [0.2, 0.25) is 11.9 Å². The zero-order valence-corrected chi connectivity index (χ0v) is 10.1. The fourth-order valence-electron chi connectivity index (χ4n) is 1.14. The van der Waals surface area contributed by atoms with Crippen LogP contribution in [0.2, 0.25) is 0 Å². The van der Waals surface area contributed by atoms with Crippen LogP contribution >= 0.6 is 0 Å². The molecule has 0 amide bonds. The fourth-order valence-corrected chi connectivity index (χ4v) is 1.14. The monoisotopic (exact) mass is 242 g/mol. The van der Waals surface area contributed by atoms with Gasteiger partial charge in [0.05, 0.1) is 13.2 Å². The van der Waals surface area contributed by atoms with E-state index in [2.05, 4.69) is 25.9 Å². The van der Waals surface area contributed by atoms with E-state index in [0.717, 1.165) is 0 Å². The minimum absolute atomic E-state index is 0.516. The van der Waals surface area contributed by atoms with Crippen LogP contribution in [0.1, 0.15) is 11.7 Å². The molecular formula is C9H18N6O2. The van der Waals surface area contributed by atoms with Gasteiger partial charge in [0, 0.05) is 27.0 Å². The van der Waals surface area contributed by atoms with Gasteiger partial charge in [0.15, 0.2) is 5.82 Å². The molecule has 0 aliphatic rings. The van der Waals surface area contributed by atoms with Gasteiger partial charge in [-0.1, -0.05) is 5.16 Å². The van der Waals surface area contributed by atoms with Crippen molar-refractivity contribution in [3.8, 4) is 0 Å². The SMILES string of the molecule is COCCN=C(NN)NCCc1noc(C)n1. The van der Waals surface area contributed by atoms with Gasteiger partial charge in [0.1, 0.15) is 0 Å². The van der Waals surface area contributed by atoms with Crippen molar-refractivity contribution in [2.75, 3.05) is 26.8 Å². The number of guanidine groups is 1. The Labute approximate surface area is 99.6 Å². The third-order valence-electron chi connectivity index (χ3n) is 1.91. The molecule has 0 saturated heterocycles. The molecule has 0 aromatic carbocycles. The first kappa shape index (κ1) is 13.4. The van der Waals surface area contributed by atoms with E-state index in [0.29, 0.717) is 43.8 Å². The molecule has 0 unspecified atom stereocenters. The highest BCUT2D eigenvalue weighted by molar-refractivity contribution is 5.79. The molecule has 0 aliphatic carbocycles. The molecule has 0 bridgehead atoms. The van der Waals surface area contributed by atoms with Crippen LogP contribution in [0.3, 0.4) is 0 Å². The number of aromatic nitrogens is 2. The van der Waals surface area contributed by atoms with Crippen LogP contribution in [0.25, 0.3) is 0 Å². The molecule has 0 atom stereocenters. The van der Waals surface area contributed by atoms with Crippen molar-refractivity contribution in [3.05, 3.63) is 11.7 Å². The average Bonchev–Trinajstić information content (AvgIpc) is 2.73. The number of aliphatic imine (C=N–C) groups is 1. The van der Waals surface area contributed by atoms with Crippen LogP contribution in [-0.2, 0) is 11.2 Å². The molecule has 4 N–H and O–H groups in total. The molecule has 0 aliphatic heterocycles. The third kappa shape index (κ3) is 5.27. The summed E-state index contributed by atoms with van der Waals surface area (Å²) < 4.78 is 9.73. The normalized spacial score (nSPS) is 11.6. The Bertz CT molecular complexity index is 351. The topological polar surface area (TPSA) is 111 Å². The number of nitrogens with two attached hydrogens (primary N) is 1. The Morgan fingerprint density at radius 2 is 2.41 bits per heavy atom. The first-order valence-electron chi connectivity index (χ1n) is 5.29. The summed E-state index contributed by atoms with van der Waals surface area (Å²) in [5.74, 6) is 7.04. The number of nitrogens with zero attached hydrogens (tertiary/aromatic N) is 3. The van der Waals surface area contributed by atoms with Crippen LogP contribution in [0.5, 0.6) is 0 Å². The first-order chi connectivity index (χ1) is 8.26. The van der Waals surface area contributed by atoms with E-state index >= 15 is 0 Å². The maximum atomic E-state index is 5.30. The molecule has 96 valence electrons. The maximum absolute atomic E-state index is 5.30. The quantitative estimate of drug-likeness (QED) is 0.192. The van der Waals surface area contributed by atoms with Gasteiger partial charge in [-0.2, -0.15) is 4.98 Å². The Balaban J connectivity index is 2.25. The predicted octanol–water partition coefficient (Wildman–Crippen LogP) is -1.02. The number of hydrogen-bond donors (Lipinski definition) is 3. The lowest BCUT2D eigenvalue weighted by Gasteiger charge is -2.07. The summed E-state index contributed by atoms with van der Waals surface area (Å²) in [5.41, 5.74) is 2.47. The molecule has 8 nitrogen and oxygen atoms in total. The summed E-state index contributed by atoms with van der Waals surface area (Å²) in [6.45, 7) is 3.47. The molecule has 8 heteroatoms. The van der Waals surface area contributed by atoms with Crippen molar-refractivity contribution < 1.29 is 9.26 Å². The second-order valence-corrected chi connectivity index (χ2v) is 3.27. The van der Waals surface area contributed by atoms with Crippen LogP contribution in [0.4, 0.5) is 0 Å². The van der Waals surface area contributed by atoms with Crippen LogP contribution in [0, 0.1) is 6.92 Å². The second kappa shape index (κ2) is 7.58. The van der Waals surface area contributed by atoms with E-state index in [9.17, 15) is 0 Å². The van der Waals surface area contributed by atoms with Gasteiger partial charge >= 0.3 is 0 Å². The average molecular weight is 242 g/mol. The second-order valence-electron chi connectivity index (χ2n) is 3.27. The number of ether oxygens (including phenoxy) is 1. The molecule has 0 spiro atoms. The molecule has 0 saturated carbocycles. The van der Waals surface area contributed by atoms with Crippen LogP contribution in [0.15, 0.2) is 9.52 Å². The highest BCUT2D eigenvalue weighted by atomic mass is 16.5. The maximum Gasteiger partial charge on any atom is 0.223 e. The Morgan fingerprint density at radius 1 is 1.59 bits per heavy atom.